The van der Waals surface area contributed by atoms with E-state index < -0.39 is 0 Å². The van der Waals surface area contributed by atoms with E-state index in [9.17, 15) is 0 Å². The van der Waals surface area contributed by atoms with Crippen LogP contribution in [0.15, 0.2) is 41.4 Å². The molecule has 0 amide bonds. The van der Waals surface area contributed by atoms with Crippen molar-refractivity contribution in [2.24, 2.45) is 4.99 Å². The fourth-order valence-corrected chi connectivity index (χ4v) is 2.60. The van der Waals surface area contributed by atoms with Crippen LogP contribution < -0.4 is 5.32 Å². The lowest BCUT2D eigenvalue weighted by Gasteiger charge is -2.19. The molecule has 2 rings (SSSR count). The Balaban J connectivity index is 2.20. The third kappa shape index (κ3) is 5.38. The molecule has 0 saturated carbocycles. The van der Waals surface area contributed by atoms with Crippen molar-refractivity contribution in [1.82, 2.24) is 4.90 Å². The number of anilines is 2. The zero-order valence-corrected chi connectivity index (χ0v) is 16.9. The molecule has 5 heteroatoms. The number of benzene rings is 2. The second-order valence-electron chi connectivity index (χ2n) is 7.05. The Labute approximate surface area is 160 Å². The molecule has 0 aromatic heterocycles. The first-order chi connectivity index (χ1) is 11.7. The Morgan fingerprint density at radius 1 is 1.08 bits per heavy atom. The minimum Gasteiger partial charge on any atom is -0.366 e. The first-order valence-electron chi connectivity index (χ1n) is 8.31. The average Bonchev–Trinajstić information content (AvgIpc) is 2.56. The highest BCUT2D eigenvalue weighted by Crippen LogP contribution is 2.36. The summed E-state index contributed by atoms with van der Waals surface area (Å²) in [5.41, 5.74) is 3.79. The lowest BCUT2D eigenvalue weighted by molar-refractivity contribution is 0.552. The van der Waals surface area contributed by atoms with Crippen LogP contribution >= 0.6 is 23.2 Å². The largest absolute Gasteiger partial charge is 0.366 e. The van der Waals surface area contributed by atoms with E-state index in [1.807, 2.05) is 24.1 Å². The van der Waals surface area contributed by atoms with Gasteiger partial charge in [-0.15, -0.1) is 0 Å². The molecule has 0 saturated heterocycles. The second-order valence-corrected chi connectivity index (χ2v) is 7.87. The number of aliphatic imine (C=N–C) groups is 1. The molecule has 25 heavy (non-hydrogen) atoms. The van der Waals surface area contributed by atoms with E-state index in [4.69, 9.17) is 23.2 Å². The van der Waals surface area contributed by atoms with Crippen LogP contribution in [0, 0.1) is 0 Å². The van der Waals surface area contributed by atoms with Crippen LogP contribution in [0.5, 0.6) is 0 Å². The van der Waals surface area contributed by atoms with Gasteiger partial charge in [0.05, 0.1) is 27.8 Å². The zero-order valence-electron chi connectivity index (χ0n) is 15.4. The quantitative estimate of drug-likeness (QED) is 0.466. The molecule has 2 aromatic carbocycles. The molecule has 2 aromatic rings. The van der Waals surface area contributed by atoms with Crippen molar-refractivity contribution < 1.29 is 0 Å². The summed E-state index contributed by atoms with van der Waals surface area (Å²) < 4.78 is 0. The van der Waals surface area contributed by atoms with Crippen LogP contribution in [0.1, 0.15) is 33.3 Å². The van der Waals surface area contributed by atoms with Gasteiger partial charge in [0.15, 0.2) is 0 Å². The summed E-state index contributed by atoms with van der Waals surface area (Å²) in [4.78, 5) is 6.35. The van der Waals surface area contributed by atoms with Gasteiger partial charge in [0.25, 0.3) is 0 Å². The van der Waals surface area contributed by atoms with Crippen molar-refractivity contribution in [2.45, 2.75) is 33.1 Å². The number of nitrogens with zero attached hydrogens (tertiary/aromatic N) is 2. The number of nitrogens with one attached hydrogen (secondary N) is 1. The topological polar surface area (TPSA) is 27.6 Å². The molecule has 134 valence electrons. The predicted molar refractivity (Wildman–Crippen MR) is 111 cm³/mol. The Hall–Kier alpha value is -1.71. The summed E-state index contributed by atoms with van der Waals surface area (Å²) in [6, 6.07) is 11.9. The van der Waals surface area contributed by atoms with Crippen LogP contribution in [0.25, 0.3) is 0 Å². The van der Waals surface area contributed by atoms with E-state index in [2.05, 4.69) is 50.1 Å². The normalized spacial score (nSPS) is 11.8. The van der Waals surface area contributed by atoms with Gasteiger partial charge in [0.2, 0.25) is 0 Å². The van der Waals surface area contributed by atoms with Crippen LogP contribution in [-0.2, 0) is 5.41 Å². The van der Waals surface area contributed by atoms with E-state index in [1.165, 1.54) is 5.56 Å². The molecule has 0 fully saturated rings. The fraction of sp³-hybridized carbons (Fsp3) is 0.350. The van der Waals surface area contributed by atoms with Gasteiger partial charge in [0, 0.05) is 19.3 Å². The molecule has 0 unspecified atom stereocenters. The van der Waals surface area contributed by atoms with Gasteiger partial charge in [-0.25, -0.2) is 4.99 Å². The SMILES string of the molecule is CCN(C)C=Nc1cc(Cl)c(Nc2ccc(C(C)(C)C)cc2)cc1Cl. The van der Waals surface area contributed by atoms with E-state index in [-0.39, 0.29) is 5.41 Å². The summed E-state index contributed by atoms with van der Waals surface area (Å²) >= 11 is 12.7. The lowest BCUT2D eigenvalue weighted by atomic mass is 9.87. The molecular formula is C20H25Cl2N3. The highest BCUT2D eigenvalue weighted by atomic mass is 35.5. The standard InChI is InChI=1S/C20H25Cl2N3/c1-6-25(5)13-23-18-11-17(22)19(12-16(18)21)24-15-9-7-14(8-10-15)20(2,3)4/h7-13,24H,6H2,1-5H3. The third-order valence-corrected chi connectivity index (χ3v) is 4.57. The molecule has 0 aliphatic heterocycles. The second kappa shape index (κ2) is 8.11. The van der Waals surface area contributed by atoms with E-state index in [0.29, 0.717) is 15.7 Å². The molecular weight excluding hydrogens is 353 g/mol. The van der Waals surface area contributed by atoms with Crippen LogP contribution in [-0.4, -0.2) is 24.8 Å². The van der Waals surface area contributed by atoms with E-state index >= 15 is 0 Å². The van der Waals surface area contributed by atoms with Gasteiger partial charge in [-0.05, 0) is 42.2 Å². The minimum absolute atomic E-state index is 0.130. The molecule has 0 radical (unpaired) electrons. The van der Waals surface area contributed by atoms with Gasteiger partial charge in [-0.3, -0.25) is 0 Å². The van der Waals surface area contributed by atoms with Gasteiger partial charge in [0.1, 0.15) is 0 Å². The zero-order chi connectivity index (χ0) is 18.6. The van der Waals surface area contributed by atoms with E-state index in [1.54, 1.807) is 18.5 Å². The van der Waals surface area contributed by atoms with Gasteiger partial charge in [-0.2, -0.15) is 0 Å². The first kappa shape index (κ1) is 19.6. The Bertz CT molecular complexity index is 747. The Morgan fingerprint density at radius 3 is 2.28 bits per heavy atom. The molecule has 0 heterocycles. The monoisotopic (exact) mass is 377 g/mol. The molecule has 0 spiro atoms. The van der Waals surface area contributed by atoms with E-state index in [0.717, 1.165) is 17.9 Å². The van der Waals surface area contributed by atoms with Crippen molar-refractivity contribution in [3.63, 3.8) is 0 Å². The molecule has 0 atom stereocenters. The van der Waals surface area contributed by atoms with Crippen molar-refractivity contribution in [2.75, 3.05) is 18.9 Å². The van der Waals surface area contributed by atoms with Gasteiger partial charge >= 0.3 is 0 Å². The summed E-state index contributed by atoms with van der Waals surface area (Å²) in [6.45, 7) is 9.52. The van der Waals surface area contributed by atoms with Crippen molar-refractivity contribution in [1.29, 1.82) is 0 Å². The van der Waals surface area contributed by atoms with Gasteiger partial charge in [-0.1, -0.05) is 56.1 Å². The third-order valence-electron chi connectivity index (χ3n) is 3.96. The first-order valence-corrected chi connectivity index (χ1v) is 9.07. The summed E-state index contributed by atoms with van der Waals surface area (Å²) in [5.74, 6) is 0. The van der Waals surface area contributed by atoms with Gasteiger partial charge < -0.3 is 10.2 Å². The number of rotatable bonds is 5. The number of hydrogen-bond donors (Lipinski definition) is 1. The maximum atomic E-state index is 6.40. The number of halogens is 2. The predicted octanol–water partition coefficient (Wildman–Crippen LogP) is 6.65. The molecule has 0 aliphatic rings. The molecule has 3 nitrogen and oxygen atoms in total. The average molecular weight is 378 g/mol. The summed E-state index contributed by atoms with van der Waals surface area (Å²) in [7, 11) is 1.95. The highest BCUT2D eigenvalue weighted by molar-refractivity contribution is 6.37. The molecule has 1 N–H and O–H groups in total. The van der Waals surface area contributed by atoms with Crippen LogP contribution in [0.3, 0.4) is 0 Å². The molecule has 0 bridgehead atoms. The lowest BCUT2D eigenvalue weighted by Crippen LogP contribution is -2.14. The highest BCUT2D eigenvalue weighted by Gasteiger charge is 2.13. The van der Waals surface area contributed by atoms with Crippen LogP contribution in [0.4, 0.5) is 17.1 Å². The van der Waals surface area contributed by atoms with Crippen LogP contribution in [0.2, 0.25) is 10.0 Å². The van der Waals surface area contributed by atoms with Crippen molar-refractivity contribution in [3.05, 3.63) is 52.0 Å². The molecule has 0 aliphatic carbocycles. The summed E-state index contributed by atoms with van der Waals surface area (Å²) in [5, 5.41) is 4.45. The van der Waals surface area contributed by atoms with Crippen molar-refractivity contribution in [3.8, 4) is 0 Å². The summed E-state index contributed by atoms with van der Waals surface area (Å²) in [6.07, 6.45) is 1.75. The fourth-order valence-electron chi connectivity index (χ4n) is 2.18. The Morgan fingerprint density at radius 2 is 1.72 bits per heavy atom. The smallest absolute Gasteiger partial charge is 0.0910 e. The maximum absolute atomic E-state index is 6.40. The Kier molecular flexibility index (Phi) is 6.36. The maximum Gasteiger partial charge on any atom is 0.0910 e. The minimum atomic E-state index is 0.130. The number of hydrogen-bond acceptors (Lipinski definition) is 2. The van der Waals surface area contributed by atoms with Crippen molar-refractivity contribution >= 4 is 46.6 Å².